The number of carboxylic acids is 2. The summed E-state index contributed by atoms with van der Waals surface area (Å²) in [6, 6.07) is 18.2. The van der Waals surface area contributed by atoms with E-state index >= 15 is 0 Å². The lowest BCUT2D eigenvalue weighted by atomic mass is 10.1. The molecular weight excluding hydrogens is 538 g/mol. The Morgan fingerprint density at radius 3 is 2.00 bits per heavy atom. The first kappa shape index (κ1) is 41.0. The molecule has 0 aromatic heterocycles. The van der Waals surface area contributed by atoms with Crippen LogP contribution in [0, 0.1) is 0 Å². The number of carbonyl (C=O) groups excluding carboxylic acids is 2. The summed E-state index contributed by atoms with van der Waals surface area (Å²) in [7, 11) is 1.75. The van der Waals surface area contributed by atoms with Gasteiger partial charge in [0, 0.05) is 24.5 Å². The van der Waals surface area contributed by atoms with Crippen LogP contribution in [-0.4, -0.2) is 67.2 Å². The van der Waals surface area contributed by atoms with Crippen LogP contribution >= 0.6 is 11.6 Å². The Hall–Kier alpha value is -3.47. The van der Waals surface area contributed by atoms with Crippen molar-refractivity contribution in [2.75, 3.05) is 31.5 Å². The molecule has 10 nitrogen and oxygen atoms in total. The summed E-state index contributed by atoms with van der Waals surface area (Å²) >= 11 is 4.64. The zero-order valence-corrected chi connectivity index (χ0v) is 25.1. The van der Waals surface area contributed by atoms with Crippen LogP contribution in [0.15, 0.2) is 54.6 Å². The SMILES string of the molecule is CC(N)CCc1ccccc1.CCC(=O)N(CC(=O)O)c1ccccc1CC.CCl.C[NH3+].O=COCCC(=O)O. The van der Waals surface area contributed by atoms with Gasteiger partial charge in [-0.2, -0.15) is 0 Å². The maximum Gasteiger partial charge on any atom is 0.323 e. The Morgan fingerprint density at radius 1 is 1.00 bits per heavy atom. The van der Waals surface area contributed by atoms with Gasteiger partial charge in [0.1, 0.15) is 13.2 Å². The number of nitrogens with two attached hydrogens (primary N) is 1. The lowest BCUT2D eigenvalue weighted by molar-refractivity contribution is -0.325. The molecular formula is C29H47ClN3O7+. The van der Waals surface area contributed by atoms with E-state index in [-0.39, 0.29) is 32.0 Å². The van der Waals surface area contributed by atoms with Gasteiger partial charge in [0.25, 0.3) is 6.47 Å². The molecule has 0 radical (unpaired) electrons. The minimum absolute atomic E-state index is 0.0428. The van der Waals surface area contributed by atoms with Gasteiger partial charge in [-0.1, -0.05) is 62.4 Å². The summed E-state index contributed by atoms with van der Waals surface area (Å²) in [5.74, 6) is -2.14. The summed E-state index contributed by atoms with van der Waals surface area (Å²) in [5.41, 5.74) is 12.0. The van der Waals surface area contributed by atoms with Crippen LogP contribution in [-0.2, 0) is 36.8 Å². The molecule has 226 valence electrons. The quantitative estimate of drug-likeness (QED) is 0.167. The molecule has 2 rings (SSSR count). The number of nitrogens with zero attached hydrogens (tertiary/aromatic N) is 1. The lowest BCUT2D eigenvalue weighted by Gasteiger charge is -2.22. The second-order valence-corrected chi connectivity index (χ2v) is 7.82. The number of amides is 1. The van der Waals surface area contributed by atoms with Gasteiger partial charge in [0.15, 0.2) is 0 Å². The Bertz CT molecular complexity index is 929. The lowest BCUT2D eigenvalue weighted by Crippen LogP contribution is -2.40. The van der Waals surface area contributed by atoms with Crippen LogP contribution in [0.5, 0.6) is 0 Å². The first-order chi connectivity index (χ1) is 19.2. The van der Waals surface area contributed by atoms with Gasteiger partial charge in [0.05, 0.1) is 13.5 Å². The van der Waals surface area contributed by atoms with Gasteiger partial charge < -0.3 is 31.3 Å². The molecule has 0 aliphatic rings. The molecule has 1 atom stereocenters. The minimum atomic E-state index is -1.00. The zero-order chi connectivity index (χ0) is 31.3. The molecule has 0 fully saturated rings. The van der Waals surface area contributed by atoms with Crippen molar-refractivity contribution in [2.45, 2.75) is 58.9 Å². The summed E-state index contributed by atoms with van der Waals surface area (Å²) < 4.78 is 4.08. The first-order valence-corrected chi connectivity index (χ1v) is 13.7. The number of hydrogen-bond acceptors (Lipinski definition) is 6. The van der Waals surface area contributed by atoms with E-state index in [2.05, 4.69) is 46.3 Å². The molecule has 0 spiro atoms. The standard InChI is InChI=1S/C13H17NO3.C10H15N.C4H6O4.CH3Cl.CH5N/c1-3-10-7-5-6-8-11(10)14(9-13(16)17)12(15)4-2;1-9(11)7-8-10-5-3-2-4-6-10;5-3-8-2-1-4(6)7;2*1-2/h5-8H,3-4,9H2,1-2H3,(H,16,17);2-6,9H,7-8,11H2,1H3;3H,1-2H2,(H,6,7);1H3;2H2,1H3/p+1. The number of alkyl halides is 1. The number of halogens is 1. The van der Waals surface area contributed by atoms with E-state index in [1.165, 1.54) is 16.8 Å². The number of para-hydroxylation sites is 1. The van der Waals surface area contributed by atoms with E-state index in [9.17, 15) is 19.2 Å². The molecule has 0 aliphatic heterocycles. The maximum absolute atomic E-state index is 11.8. The third kappa shape index (κ3) is 22.5. The number of rotatable bonds is 12. The molecule has 1 unspecified atom stereocenters. The Morgan fingerprint density at radius 2 is 1.55 bits per heavy atom. The van der Waals surface area contributed by atoms with Gasteiger partial charge in [-0.3, -0.25) is 19.2 Å². The number of ether oxygens (including phenoxy) is 1. The molecule has 0 saturated heterocycles. The number of anilines is 1. The zero-order valence-electron chi connectivity index (χ0n) is 24.3. The van der Waals surface area contributed by atoms with E-state index in [1.54, 1.807) is 20.0 Å². The van der Waals surface area contributed by atoms with Crippen LogP contribution in [0.3, 0.4) is 0 Å². The van der Waals surface area contributed by atoms with Crippen molar-refractivity contribution in [1.29, 1.82) is 0 Å². The maximum atomic E-state index is 11.8. The molecule has 40 heavy (non-hydrogen) atoms. The van der Waals surface area contributed by atoms with E-state index < -0.39 is 11.9 Å². The largest absolute Gasteiger partial charge is 0.481 e. The predicted octanol–water partition coefficient (Wildman–Crippen LogP) is 3.39. The van der Waals surface area contributed by atoms with Crippen LogP contribution in [0.2, 0.25) is 0 Å². The van der Waals surface area contributed by atoms with Crippen LogP contribution in [0.4, 0.5) is 5.69 Å². The number of aryl methyl sites for hydroxylation is 2. The number of carboxylic acid groups (broad SMARTS) is 2. The van der Waals surface area contributed by atoms with E-state index in [1.807, 2.05) is 38.1 Å². The smallest absolute Gasteiger partial charge is 0.323 e. The molecule has 0 bridgehead atoms. The fourth-order valence-electron chi connectivity index (χ4n) is 2.94. The summed E-state index contributed by atoms with van der Waals surface area (Å²) in [6.45, 7) is 5.65. The van der Waals surface area contributed by atoms with E-state index in [0.29, 0.717) is 18.2 Å². The highest BCUT2D eigenvalue weighted by Gasteiger charge is 2.19. The van der Waals surface area contributed by atoms with Crippen LogP contribution < -0.4 is 16.4 Å². The number of aliphatic carboxylic acids is 2. The van der Waals surface area contributed by atoms with Gasteiger partial charge in [-0.25, -0.2) is 0 Å². The number of carbonyl (C=O) groups is 4. The summed E-state index contributed by atoms with van der Waals surface area (Å²) in [6.07, 6.45) is 4.58. The molecule has 0 saturated carbocycles. The van der Waals surface area contributed by atoms with E-state index in [4.69, 9.17) is 15.9 Å². The van der Waals surface area contributed by atoms with Gasteiger partial charge >= 0.3 is 11.9 Å². The van der Waals surface area contributed by atoms with Gasteiger partial charge in [-0.05, 0) is 43.4 Å². The molecule has 0 heterocycles. The highest BCUT2D eigenvalue weighted by atomic mass is 35.5. The monoisotopic (exact) mass is 584 g/mol. The van der Waals surface area contributed by atoms with Crippen molar-refractivity contribution in [1.82, 2.24) is 0 Å². The van der Waals surface area contributed by atoms with Crippen molar-refractivity contribution >= 4 is 41.6 Å². The van der Waals surface area contributed by atoms with Crippen molar-refractivity contribution in [2.24, 2.45) is 5.73 Å². The second kappa shape index (κ2) is 28.5. The molecule has 11 heteroatoms. The van der Waals surface area contributed by atoms with Gasteiger partial charge in [0.2, 0.25) is 5.91 Å². The molecule has 1 amide bonds. The Balaban J connectivity index is -0.000000514. The molecule has 0 aliphatic carbocycles. The average molecular weight is 585 g/mol. The minimum Gasteiger partial charge on any atom is -0.481 e. The Kier molecular flexibility index (Phi) is 29.3. The normalized spacial score (nSPS) is 9.70. The highest BCUT2D eigenvalue weighted by Crippen LogP contribution is 2.21. The van der Waals surface area contributed by atoms with Crippen molar-refractivity contribution in [3.63, 3.8) is 0 Å². The molecule has 7 N–H and O–H groups in total. The third-order valence-electron chi connectivity index (χ3n) is 4.79. The van der Waals surface area contributed by atoms with Crippen molar-refractivity contribution < 1.29 is 39.9 Å². The fourth-order valence-corrected chi connectivity index (χ4v) is 2.94. The predicted molar refractivity (Wildman–Crippen MR) is 159 cm³/mol. The topological polar surface area (TPSA) is 175 Å². The number of benzene rings is 2. The van der Waals surface area contributed by atoms with Crippen molar-refractivity contribution in [3.05, 3.63) is 65.7 Å². The van der Waals surface area contributed by atoms with Gasteiger partial charge in [-0.15, -0.1) is 11.6 Å². The Labute approximate surface area is 243 Å². The van der Waals surface area contributed by atoms with E-state index in [0.717, 1.165) is 24.8 Å². The van der Waals surface area contributed by atoms with Crippen molar-refractivity contribution in [3.8, 4) is 0 Å². The number of quaternary nitrogens is 1. The van der Waals surface area contributed by atoms with Crippen LogP contribution in [0.25, 0.3) is 0 Å². The average Bonchev–Trinajstić information content (AvgIpc) is 2.97. The second-order valence-electron chi connectivity index (χ2n) is 7.82. The first-order valence-electron chi connectivity index (χ1n) is 12.9. The molecule has 2 aromatic carbocycles. The summed E-state index contributed by atoms with van der Waals surface area (Å²) in [5, 5.41) is 16.8. The fraction of sp³-hybridized carbons (Fsp3) is 0.448. The third-order valence-corrected chi connectivity index (χ3v) is 4.79. The molecule has 2 aromatic rings. The summed E-state index contributed by atoms with van der Waals surface area (Å²) in [4.78, 5) is 43.0. The highest BCUT2D eigenvalue weighted by molar-refractivity contribution is 6.15. The number of hydrogen-bond donors (Lipinski definition) is 4. The van der Waals surface area contributed by atoms with Crippen LogP contribution in [0.1, 0.15) is 51.2 Å².